The van der Waals surface area contributed by atoms with Crippen molar-refractivity contribution < 1.29 is 24.9 Å². The van der Waals surface area contributed by atoms with Gasteiger partial charge >= 0.3 is 0 Å². The number of benzene rings is 1. The molecule has 2 aliphatic rings. The predicted octanol–water partition coefficient (Wildman–Crippen LogP) is -0.516. The van der Waals surface area contributed by atoms with E-state index in [0.29, 0.717) is 0 Å². The number of ether oxygens (including phenoxy) is 1. The summed E-state index contributed by atoms with van der Waals surface area (Å²) < 4.78 is 5.72. The topological polar surface area (TPSA) is 102 Å². The Hall–Kier alpha value is -1.67. The number of fused-ring (bicyclic) bond motifs is 2. The Balaban J connectivity index is 1.99. The summed E-state index contributed by atoms with van der Waals surface area (Å²) in [4.78, 5) is 13.4. The Morgan fingerprint density at radius 3 is 2.45 bits per heavy atom. The first-order valence-corrected chi connectivity index (χ1v) is 7.20. The number of carbonyl (C=O) groups excluding carboxylic acids is 1. The molecular weight excluding hydrogens is 288 g/mol. The Bertz CT molecular complexity index is 568. The van der Waals surface area contributed by atoms with Gasteiger partial charge in [0.15, 0.2) is 5.72 Å². The van der Waals surface area contributed by atoms with Crippen LogP contribution in [0.1, 0.15) is 13.8 Å². The number of nitrogens with zero attached hydrogens (tertiary/aromatic N) is 1. The monoisotopic (exact) mass is 308 g/mol. The molecule has 1 aromatic rings. The smallest absolute Gasteiger partial charge is 0.223 e. The predicted molar refractivity (Wildman–Crippen MR) is 77.7 cm³/mol. The molecule has 4 N–H and O–H groups in total. The largest absolute Gasteiger partial charge is 0.387 e. The molecule has 2 aliphatic heterocycles. The quantitative estimate of drug-likeness (QED) is 0.587. The highest BCUT2D eigenvalue weighted by Gasteiger charge is 2.64. The number of carbonyl (C=O) groups is 1. The highest BCUT2D eigenvalue weighted by molar-refractivity contribution is 5.75. The number of amides is 1. The lowest BCUT2D eigenvalue weighted by Gasteiger charge is -2.42. The maximum absolute atomic E-state index is 12.1. The van der Waals surface area contributed by atoms with Crippen LogP contribution in [0.2, 0.25) is 0 Å². The van der Waals surface area contributed by atoms with Crippen molar-refractivity contribution in [3.8, 4) is 0 Å². The van der Waals surface area contributed by atoms with E-state index in [0.717, 1.165) is 5.69 Å². The fourth-order valence-corrected chi connectivity index (χ4v) is 3.35. The van der Waals surface area contributed by atoms with Gasteiger partial charge in [-0.05, 0) is 19.1 Å². The normalized spacial score (nSPS) is 40.6. The molecule has 0 aliphatic carbocycles. The van der Waals surface area contributed by atoms with Gasteiger partial charge in [0.05, 0.1) is 0 Å². The number of likely N-dealkylation sites (tertiary alicyclic amines) is 1. The van der Waals surface area contributed by atoms with E-state index in [9.17, 15) is 20.1 Å². The van der Waals surface area contributed by atoms with Crippen molar-refractivity contribution in [2.75, 3.05) is 5.32 Å². The standard InChI is InChI=1S/C15H20N2O5/c1-8(18)17-14(16-9-6-4-3-5-7-9)12-10(19)11(20)13(21)15(17,2)22-12/h3-7,10-14,16,19-21H,1-2H3/t10-,11-,12+,13-,14-,15-/m0/s1. The average molecular weight is 308 g/mol. The Labute approximate surface area is 128 Å². The minimum Gasteiger partial charge on any atom is -0.387 e. The minimum atomic E-state index is -1.40. The van der Waals surface area contributed by atoms with Gasteiger partial charge in [0, 0.05) is 12.6 Å². The van der Waals surface area contributed by atoms with E-state index in [4.69, 9.17) is 4.74 Å². The van der Waals surface area contributed by atoms with Gasteiger partial charge in [0.25, 0.3) is 0 Å². The molecule has 0 aromatic heterocycles. The summed E-state index contributed by atoms with van der Waals surface area (Å²) in [5.74, 6) is -0.321. The molecule has 2 bridgehead atoms. The molecular formula is C15H20N2O5. The molecule has 22 heavy (non-hydrogen) atoms. The SMILES string of the molecule is CC(=O)N1[C@H](Nc2ccccc2)[C@@H]2O[C@@]1(C)[C@@H](O)[C@@H](O)[C@@H]2O. The van der Waals surface area contributed by atoms with Crippen LogP contribution in [-0.2, 0) is 9.53 Å². The van der Waals surface area contributed by atoms with Crippen molar-refractivity contribution in [2.45, 2.75) is 50.2 Å². The van der Waals surface area contributed by atoms with Crippen LogP contribution < -0.4 is 5.32 Å². The van der Waals surface area contributed by atoms with Crippen molar-refractivity contribution in [1.82, 2.24) is 4.90 Å². The Kier molecular flexibility index (Phi) is 3.60. The van der Waals surface area contributed by atoms with Gasteiger partial charge in [-0.15, -0.1) is 0 Å². The highest BCUT2D eigenvalue weighted by Crippen LogP contribution is 2.43. The van der Waals surface area contributed by atoms with E-state index in [-0.39, 0.29) is 5.91 Å². The number of hydrogen-bond acceptors (Lipinski definition) is 6. The maximum atomic E-state index is 12.1. The molecule has 1 amide bonds. The number of anilines is 1. The van der Waals surface area contributed by atoms with Gasteiger partial charge in [0.1, 0.15) is 30.6 Å². The number of hydrogen-bond donors (Lipinski definition) is 4. The summed E-state index contributed by atoms with van der Waals surface area (Å²) in [6, 6.07) is 9.18. The van der Waals surface area contributed by atoms with E-state index >= 15 is 0 Å². The van der Waals surface area contributed by atoms with Crippen LogP contribution in [0.3, 0.4) is 0 Å². The lowest BCUT2D eigenvalue weighted by molar-refractivity contribution is -0.254. The average Bonchev–Trinajstić information content (AvgIpc) is 2.77. The zero-order valence-electron chi connectivity index (χ0n) is 12.4. The summed E-state index contributed by atoms with van der Waals surface area (Å²) in [5.41, 5.74) is -0.642. The number of aliphatic hydroxyl groups is 3. The second-order valence-electron chi connectivity index (χ2n) is 5.91. The fraction of sp³-hybridized carbons (Fsp3) is 0.533. The number of aliphatic hydroxyl groups excluding tert-OH is 3. The van der Waals surface area contributed by atoms with Crippen molar-refractivity contribution in [2.24, 2.45) is 0 Å². The Morgan fingerprint density at radius 2 is 1.86 bits per heavy atom. The lowest BCUT2D eigenvalue weighted by Crippen LogP contribution is -2.62. The Morgan fingerprint density at radius 1 is 1.23 bits per heavy atom. The molecule has 1 aromatic carbocycles. The first-order valence-electron chi connectivity index (χ1n) is 7.20. The zero-order chi connectivity index (χ0) is 16.1. The summed E-state index contributed by atoms with van der Waals surface area (Å²) in [6.07, 6.45) is -5.61. The van der Waals surface area contributed by atoms with Gasteiger partial charge < -0.3 is 25.4 Å². The molecule has 0 radical (unpaired) electrons. The van der Waals surface area contributed by atoms with Crippen LogP contribution in [0.15, 0.2) is 30.3 Å². The maximum Gasteiger partial charge on any atom is 0.223 e. The summed E-state index contributed by atoms with van der Waals surface area (Å²) >= 11 is 0. The van der Waals surface area contributed by atoms with Gasteiger partial charge in [0.2, 0.25) is 5.91 Å². The highest BCUT2D eigenvalue weighted by atomic mass is 16.6. The molecule has 0 unspecified atom stereocenters. The van der Waals surface area contributed by atoms with E-state index in [1.54, 1.807) is 0 Å². The number of para-hydroxylation sites is 1. The third kappa shape index (κ3) is 2.09. The van der Waals surface area contributed by atoms with Crippen LogP contribution in [0.25, 0.3) is 0 Å². The van der Waals surface area contributed by atoms with E-state index in [2.05, 4.69) is 5.32 Å². The zero-order valence-corrected chi connectivity index (χ0v) is 12.4. The molecule has 2 fully saturated rings. The van der Waals surface area contributed by atoms with Crippen molar-refractivity contribution in [3.63, 3.8) is 0 Å². The molecule has 120 valence electrons. The molecule has 7 heteroatoms. The first kappa shape index (κ1) is 15.2. The van der Waals surface area contributed by atoms with E-state index in [1.165, 1.54) is 18.7 Å². The molecule has 0 spiro atoms. The number of rotatable bonds is 2. The second kappa shape index (κ2) is 5.20. The summed E-state index contributed by atoms with van der Waals surface area (Å²) in [5, 5.41) is 33.6. The van der Waals surface area contributed by atoms with Crippen LogP contribution in [-0.4, -0.2) is 62.4 Å². The van der Waals surface area contributed by atoms with Gasteiger partial charge in [-0.1, -0.05) is 18.2 Å². The third-order valence-corrected chi connectivity index (χ3v) is 4.43. The fourth-order valence-electron chi connectivity index (χ4n) is 3.35. The van der Waals surface area contributed by atoms with Crippen molar-refractivity contribution >= 4 is 11.6 Å². The van der Waals surface area contributed by atoms with Crippen LogP contribution in [0.4, 0.5) is 5.69 Å². The molecule has 6 atom stereocenters. The molecule has 2 saturated heterocycles. The van der Waals surface area contributed by atoms with Gasteiger partial charge in [-0.25, -0.2) is 0 Å². The van der Waals surface area contributed by atoms with Gasteiger partial charge in [-0.2, -0.15) is 0 Å². The minimum absolute atomic E-state index is 0.321. The molecule has 0 saturated carbocycles. The van der Waals surface area contributed by atoms with Gasteiger partial charge in [-0.3, -0.25) is 9.69 Å². The first-order chi connectivity index (χ1) is 10.4. The molecule has 2 heterocycles. The van der Waals surface area contributed by atoms with Crippen LogP contribution in [0, 0.1) is 0 Å². The lowest BCUT2D eigenvalue weighted by atomic mass is 9.94. The van der Waals surface area contributed by atoms with E-state index < -0.39 is 36.3 Å². The van der Waals surface area contributed by atoms with Crippen molar-refractivity contribution in [3.05, 3.63) is 30.3 Å². The van der Waals surface area contributed by atoms with Crippen LogP contribution >= 0.6 is 0 Å². The third-order valence-electron chi connectivity index (χ3n) is 4.43. The van der Waals surface area contributed by atoms with E-state index in [1.807, 2.05) is 30.3 Å². The molecule has 3 rings (SSSR count). The molecule has 7 nitrogen and oxygen atoms in total. The van der Waals surface area contributed by atoms with Crippen molar-refractivity contribution in [1.29, 1.82) is 0 Å². The summed E-state index contributed by atoms with van der Waals surface area (Å²) in [7, 11) is 0. The second-order valence-corrected chi connectivity index (χ2v) is 5.91. The number of nitrogens with one attached hydrogen (secondary N) is 1. The van der Waals surface area contributed by atoms with Crippen LogP contribution in [0.5, 0.6) is 0 Å². The summed E-state index contributed by atoms with van der Waals surface area (Å²) in [6.45, 7) is 2.90.